The molecule has 0 aliphatic carbocycles. The van der Waals surface area contributed by atoms with Crippen molar-refractivity contribution in [1.29, 1.82) is 0 Å². The second-order valence-electron chi connectivity index (χ2n) is 6.37. The SMILES string of the molecule is CC(=O)OC[C@H]1O[C@@H](Cl)[C@H](Sc2ccc(C)cc2)[C@@H](OC(C)=O)[C@@H]1OC(C)=O. The van der Waals surface area contributed by atoms with Crippen molar-refractivity contribution in [2.75, 3.05) is 6.61 Å². The summed E-state index contributed by atoms with van der Waals surface area (Å²) in [4.78, 5) is 35.4. The van der Waals surface area contributed by atoms with Gasteiger partial charge in [0.15, 0.2) is 12.2 Å². The average Bonchev–Trinajstić information content (AvgIpc) is 2.59. The Morgan fingerprint density at radius 1 is 1.00 bits per heavy atom. The minimum absolute atomic E-state index is 0.184. The zero-order valence-corrected chi connectivity index (χ0v) is 17.6. The van der Waals surface area contributed by atoms with E-state index in [0.717, 1.165) is 10.5 Å². The van der Waals surface area contributed by atoms with Crippen molar-refractivity contribution in [3.63, 3.8) is 0 Å². The van der Waals surface area contributed by atoms with E-state index in [1.54, 1.807) is 0 Å². The number of esters is 3. The van der Waals surface area contributed by atoms with Gasteiger partial charge in [-0.15, -0.1) is 11.8 Å². The second kappa shape index (κ2) is 10.1. The van der Waals surface area contributed by atoms with Gasteiger partial charge in [-0.1, -0.05) is 29.3 Å². The van der Waals surface area contributed by atoms with Crippen molar-refractivity contribution in [2.45, 2.75) is 61.7 Å². The van der Waals surface area contributed by atoms with E-state index in [4.69, 9.17) is 30.5 Å². The molecule has 9 heteroatoms. The number of aryl methyl sites for hydroxylation is 1. The fourth-order valence-corrected chi connectivity index (χ4v) is 4.31. The van der Waals surface area contributed by atoms with E-state index in [0.29, 0.717) is 0 Å². The van der Waals surface area contributed by atoms with Crippen molar-refractivity contribution in [3.8, 4) is 0 Å². The molecular weight excluding hydrogens is 408 g/mol. The number of carbonyl (C=O) groups is 3. The quantitative estimate of drug-likeness (QED) is 0.386. The number of thioether (sulfide) groups is 1. The topological polar surface area (TPSA) is 88.1 Å². The number of ether oxygens (including phenoxy) is 4. The summed E-state index contributed by atoms with van der Waals surface area (Å²) >= 11 is 7.79. The number of halogens is 1. The normalized spacial score (nSPS) is 27.0. The van der Waals surface area contributed by atoms with Gasteiger partial charge in [-0.2, -0.15) is 0 Å². The molecule has 1 fully saturated rings. The van der Waals surface area contributed by atoms with E-state index >= 15 is 0 Å². The molecule has 2 rings (SSSR count). The summed E-state index contributed by atoms with van der Waals surface area (Å²) in [5, 5.41) is -0.550. The van der Waals surface area contributed by atoms with Gasteiger partial charge in [-0.3, -0.25) is 14.4 Å². The third kappa shape index (κ3) is 6.39. The molecule has 0 spiro atoms. The zero-order chi connectivity index (χ0) is 20.8. The molecule has 0 N–H and O–H groups in total. The van der Waals surface area contributed by atoms with Crippen molar-refractivity contribution >= 4 is 41.3 Å². The molecule has 1 aromatic carbocycles. The fourth-order valence-electron chi connectivity index (χ4n) is 2.76. The Kier molecular flexibility index (Phi) is 8.15. The Labute approximate surface area is 173 Å². The van der Waals surface area contributed by atoms with Crippen LogP contribution in [-0.4, -0.2) is 53.6 Å². The maximum absolute atomic E-state index is 11.7. The first-order valence-corrected chi connectivity index (χ1v) is 9.99. The molecule has 154 valence electrons. The number of carbonyl (C=O) groups excluding carboxylic acids is 3. The monoisotopic (exact) mass is 430 g/mol. The minimum Gasteiger partial charge on any atom is -0.463 e. The minimum atomic E-state index is -0.973. The van der Waals surface area contributed by atoms with Gasteiger partial charge >= 0.3 is 17.9 Å². The van der Waals surface area contributed by atoms with E-state index in [-0.39, 0.29) is 6.61 Å². The van der Waals surface area contributed by atoms with Crippen molar-refractivity contribution < 1.29 is 33.3 Å². The van der Waals surface area contributed by atoms with Crippen molar-refractivity contribution in [1.82, 2.24) is 0 Å². The molecule has 0 amide bonds. The molecular formula is C19H23ClO7S. The number of benzene rings is 1. The molecule has 1 aromatic rings. The van der Waals surface area contributed by atoms with E-state index in [1.807, 2.05) is 31.2 Å². The predicted octanol–water partition coefficient (Wildman–Crippen LogP) is 2.85. The Balaban J connectivity index is 2.31. The highest BCUT2D eigenvalue weighted by Crippen LogP contribution is 2.39. The van der Waals surface area contributed by atoms with Crippen LogP contribution in [0.5, 0.6) is 0 Å². The summed E-state index contributed by atoms with van der Waals surface area (Å²) in [6.45, 7) is 5.54. The first-order valence-electron chi connectivity index (χ1n) is 8.68. The summed E-state index contributed by atoms with van der Waals surface area (Å²) < 4.78 is 21.6. The van der Waals surface area contributed by atoms with Crippen LogP contribution in [0.2, 0.25) is 0 Å². The molecule has 28 heavy (non-hydrogen) atoms. The first-order chi connectivity index (χ1) is 13.2. The molecule has 0 bridgehead atoms. The van der Waals surface area contributed by atoms with Crippen LogP contribution in [0.3, 0.4) is 0 Å². The molecule has 1 aliphatic rings. The molecule has 1 aliphatic heterocycles. The van der Waals surface area contributed by atoms with E-state index in [9.17, 15) is 14.4 Å². The van der Waals surface area contributed by atoms with Gasteiger partial charge in [0.1, 0.15) is 18.3 Å². The van der Waals surface area contributed by atoms with E-state index in [1.165, 1.54) is 32.5 Å². The smallest absolute Gasteiger partial charge is 0.303 e. The van der Waals surface area contributed by atoms with E-state index in [2.05, 4.69) is 0 Å². The summed E-state index contributed by atoms with van der Waals surface area (Å²) in [5.41, 5.74) is 0.227. The van der Waals surface area contributed by atoms with Crippen molar-refractivity contribution in [2.24, 2.45) is 0 Å². The zero-order valence-electron chi connectivity index (χ0n) is 16.0. The van der Waals surface area contributed by atoms with Gasteiger partial charge in [-0.05, 0) is 19.1 Å². The fraction of sp³-hybridized carbons (Fsp3) is 0.526. The van der Waals surface area contributed by atoms with Crippen LogP contribution in [-0.2, 0) is 33.3 Å². The predicted molar refractivity (Wildman–Crippen MR) is 103 cm³/mol. The number of rotatable bonds is 6. The molecule has 0 aromatic heterocycles. The molecule has 7 nitrogen and oxygen atoms in total. The third-order valence-electron chi connectivity index (χ3n) is 3.93. The van der Waals surface area contributed by atoms with Crippen LogP contribution in [0.4, 0.5) is 0 Å². The lowest BCUT2D eigenvalue weighted by Gasteiger charge is -2.43. The number of hydrogen-bond acceptors (Lipinski definition) is 8. The van der Waals surface area contributed by atoms with Crippen LogP contribution < -0.4 is 0 Å². The van der Waals surface area contributed by atoms with Crippen LogP contribution in [0.25, 0.3) is 0 Å². The highest BCUT2D eigenvalue weighted by Gasteiger charge is 2.50. The number of hydrogen-bond donors (Lipinski definition) is 0. The van der Waals surface area contributed by atoms with Crippen LogP contribution >= 0.6 is 23.4 Å². The Hall–Kier alpha value is -1.77. The Morgan fingerprint density at radius 2 is 1.57 bits per heavy atom. The highest BCUT2D eigenvalue weighted by molar-refractivity contribution is 8.00. The molecule has 0 radical (unpaired) electrons. The average molecular weight is 431 g/mol. The van der Waals surface area contributed by atoms with Crippen LogP contribution in [0.15, 0.2) is 29.2 Å². The largest absolute Gasteiger partial charge is 0.463 e. The Morgan fingerprint density at radius 3 is 2.11 bits per heavy atom. The van der Waals surface area contributed by atoms with Crippen molar-refractivity contribution in [3.05, 3.63) is 29.8 Å². The first kappa shape index (κ1) is 22.5. The van der Waals surface area contributed by atoms with Gasteiger partial charge in [0.05, 0.1) is 5.25 Å². The standard InChI is InChI=1S/C19H23ClO7S/c1-10-5-7-14(8-6-10)28-18-17(26-13(4)23)16(25-12(3)22)15(27-19(18)20)9-24-11(2)21/h5-8,15-19H,9H2,1-4H3/t15-,16-,17+,18-,19-/m1/s1. The lowest BCUT2D eigenvalue weighted by Crippen LogP contribution is -2.59. The lowest BCUT2D eigenvalue weighted by molar-refractivity contribution is -0.203. The van der Waals surface area contributed by atoms with Gasteiger partial charge in [0, 0.05) is 25.7 Å². The molecule has 0 saturated carbocycles. The maximum atomic E-state index is 11.7. The summed E-state index contributed by atoms with van der Waals surface area (Å²) in [7, 11) is 0. The summed E-state index contributed by atoms with van der Waals surface area (Å²) in [5.74, 6) is -1.64. The summed E-state index contributed by atoms with van der Waals surface area (Å²) in [6, 6.07) is 7.73. The molecule has 0 unspecified atom stereocenters. The molecule has 5 atom stereocenters. The molecule has 1 heterocycles. The van der Waals surface area contributed by atoms with Crippen LogP contribution in [0.1, 0.15) is 26.3 Å². The Bertz CT molecular complexity index is 709. The number of alkyl halides is 1. The van der Waals surface area contributed by atoms with Gasteiger partial charge < -0.3 is 18.9 Å². The maximum Gasteiger partial charge on any atom is 0.303 e. The lowest BCUT2D eigenvalue weighted by atomic mass is 10.0. The highest BCUT2D eigenvalue weighted by atomic mass is 35.5. The second-order valence-corrected chi connectivity index (χ2v) is 8.05. The van der Waals surface area contributed by atoms with Gasteiger partial charge in [0.2, 0.25) is 0 Å². The summed E-state index contributed by atoms with van der Waals surface area (Å²) in [6.07, 6.45) is -2.72. The van der Waals surface area contributed by atoms with Gasteiger partial charge in [-0.25, -0.2) is 0 Å². The van der Waals surface area contributed by atoms with Gasteiger partial charge in [0.25, 0.3) is 0 Å². The molecule has 1 saturated heterocycles. The van der Waals surface area contributed by atoms with E-state index < -0.39 is 47.0 Å². The van der Waals surface area contributed by atoms with Crippen LogP contribution in [0, 0.1) is 6.92 Å². The third-order valence-corrected chi connectivity index (χ3v) is 5.78.